The first-order valence-corrected chi connectivity index (χ1v) is 8.59. The molecule has 3 rings (SSSR count). The number of fused-ring (bicyclic) bond motifs is 1. The number of rotatable bonds is 5. The van der Waals surface area contributed by atoms with Crippen LogP contribution >= 0.6 is 11.6 Å². The first-order chi connectivity index (χ1) is 11.2. The Balaban J connectivity index is 1.72. The number of halogens is 1. The number of aliphatic hydroxyl groups excluding tert-OH is 1. The lowest BCUT2D eigenvalue weighted by atomic mass is 9.81. The van der Waals surface area contributed by atoms with E-state index in [0.29, 0.717) is 23.3 Å². The molecule has 1 fully saturated rings. The van der Waals surface area contributed by atoms with Crippen molar-refractivity contribution in [2.24, 2.45) is 11.8 Å². The molecular weight excluding hydrogens is 308 g/mol. The molecule has 4 heteroatoms. The second-order valence-electron chi connectivity index (χ2n) is 6.38. The van der Waals surface area contributed by atoms with Crippen LogP contribution < -0.4 is 5.32 Å². The molecule has 1 aliphatic heterocycles. The predicted octanol–water partition coefficient (Wildman–Crippen LogP) is 3.59. The van der Waals surface area contributed by atoms with Crippen LogP contribution in [0.25, 0.3) is 10.9 Å². The summed E-state index contributed by atoms with van der Waals surface area (Å²) in [5.41, 5.74) is 2.01. The minimum absolute atomic E-state index is 0.346. The Morgan fingerprint density at radius 3 is 3.13 bits per heavy atom. The smallest absolute Gasteiger partial charge is 0.0719 e. The summed E-state index contributed by atoms with van der Waals surface area (Å²) in [6.45, 7) is 5.93. The molecule has 0 aliphatic carbocycles. The van der Waals surface area contributed by atoms with Crippen LogP contribution in [0.15, 0.2) is 43.1 Å². The Hall–Kier alpha value is -1.42. The summed E-state index contributed by atoms with van der Waals surface area (Å²) < 4.78 is 0. The van der Waals surface area contributed by atoms with Gasteiger partial charge in [0.1, 0.15) is 0 Å². The van der Waals surface area contributed by atoms with Crippen LogP contribution in [0.2, 0.25) is 5.02 Å². The second-order valence-corrected chi connectivity index (χ2v) is 6.81. The first kappa shape index (κ1) is 16.4. The zero-order valence-corrected chi connectivity index (χ0v) is 14.0. The molecule has 2 heterocycles. The van der Waals surface area contributed by atoms with Crippen LogP contribution in [0.1, 0.15) is 18.4 Å². The fourth-order valence-electron chi connectivity index (χ4n) is 3.55. The topological polar surface area (TPSA) is 45.1 Å². The molecule has 0 radical (unpaired) electrons. The quantitative estimate of drug-likeness (QED) is 0.823. The van der Waals surface area contributed by atoms with Gasteiger partial charge in [0.2, 0.25) is 0 Å². The molecule has 122 valence electrons. The zero-order valence-electron chi connectivity index (χ0n) is 13.2. The van der Waals surface area contributed by atoms with Crippen molar-refractivity contribution in [1.29, 1.82) is 0 Å². The van der Waals surface area contributed by atoms with Crippen molar-refractivity contribution in [2.75, 3.05) is 13.1 Å². The highest BCUT2D eigenvalue weighted by molar-refractivity contribution is 6.31. The van der Waals surface area contributed by atoms with E-state index in [2.05, 4.69) is 16.9 Å². The standard InChI is InChI=1S/C19H23ClN2O/c1-2-13-12-21-7-5-14(13)9-17(23)10-15-6-8-22-19-11-16(20)3-4-18(15)19/h2-4,6,8,11,13-14,17,21,23H,1,5,7,9-10,12H2/t13-,14-,17?/m0/s1. The Kier molecular flexibility index (Phi) is 5.31. The number of hydrogen-bond donors (Lipinski definition) is 2. The van der Waals surface area contributed by atoms with Crippen LogP contribution in [-0.2, 0) is 6.42 Å². The lowest BCUT2D eigenvalue weighted by molar-refractivity contribution is 0.120. The molecule has 1 aromatic heterocycles. The first-order valence-electron chi connectivity index (χ1n) is 8.22. The lowest BCUT2D eigenvalue weighted by Crippen LogP contribution is -2.37. The van der Waals surface area contributed by atoms with Gasteiger partial charge in [0, 0.05) is 23.2 Å². The summed E-state index contributed by atoms with van der Waals surface area (Å²) in [4.78, 5) is 4.36. The summed E-state index contributed by atoms with van der Waals surface area (Å²) in [5.74, 6) is 0.956. The highest BCUT2D eigenvalue weighted by atomic mass is 35.5. The maximum absolute atomic E-state index is 10.6. The minimum Gasteiger partial charge on any atom is -0.393 e. The maximum atomic E-state index is 10.6. The number of pyridine rings is 1. The highest BCUT2D eigenvalue weighted by Gasteiger charge is 2.25. The molecule has 3 atom stereocenters. The molecule has 0 spiro atoms. The third kappa shape index (κ3) is 3.92. The number of hydrogen-bond acceptors (Lipinski definition) is 3. The number of piperidine rings is 1. The van der Waals surface area contributed by atoms with Gasteiger partial charge in [-0.1, -0.05) is 23.7 Å². The Morgan fingerprint density at radius 1 is 1.43 bits per heavy atom. The normalized spacial score (nSPS) is 22.9. The molecule has 1 saturated heterocycles. The van der Waals surface area contributed by atoms with E-state index in [1.807, 2.05) is 30.3 Å². The summed E-state index contributed by atoms with van der Waals surface area (Å²) in [6, 6.07) is 7.73. The number of aromatic nitrogens is 1. The Bertz CT molecular complexity index is 688. The van der Waals surface area contributed by atoms with E-state index in [-0.39, 0.29) is 6.10 Å². The zero-order chi connectivity index (χ0) is 16.2. The largest absolute Gasteiger partial charge is 0.393 e. The minimum atomic E-state index is -0.346. The third-order valence-electron chi connectivity index (χ3n) is 4.81. The summed E-state index contributed by atoms with van der Waals surface area (Å²) in [7, 11) is 0. The van der Waals surface area contributed by atoms with Crippen LogP contribution in [0.4, 0.5) is 0 Å². The van der Waals surface area contributed by atoms with E-state index in [1.165, 1.54) is 0 Å². The molecule has 2 N–H and O–H groups in total. The van der Waals surface area contributed by atoms with Gasteiger partial charge >= 0.3 is 0 Å². The average Bonchev–Trinajstić information content (AvgIpc) is 2.55. The van der Waals surface area contributed by atoms with Gasteiger partial charge in [-0.3, -0.25) is 4.98 Å². The van der Waals surface area contributed by atoms with Gasteiger partial charge in [0.15, 0.2) is 0 Å². The van der Waals surface area contributed by atoms with E-state index < -0.39 is 0 Å². The van der Waals surface area contributed by atoms with Crippen molar-refractivity contribution in [3.8, 4) is 0 Å². The number of benzene rings is 1. The van der Waals surface area contributed by atoms with Crippen molar-refractivity contribution in [2.45, 2.75) is 25.4 Å². The van der Waals surface area contributed by atoms with Gasteiger partial charge < -0.3 is 10.4 Å². The van der Waals surface area contributed by atoms with Crippen molar-refractivity contribution in [3.63, 3.8) is 0 Å². The lowest BCUT2D eigenvalue weighted by Gasteiger charge is -2.31. The van der Waals surface area contributed by atoms with Gasteiger partial charge in [-0.15, -0.1) is 6.58 Å². The fourth-order valence-corrected chi connectivity index (χ4v) is 3.72. The molecule has 1 aromatic carbocycles. The van der Waals surface area contributed by atoms with Gasteiger partial charge in [-0.25, -0.2) is 0 Å². The van der Waals surface area contributed by atoms with E-state index in [0.717, 1.165) is 42.4 Å². The molecule has 0 bridgehead atoms. The van der Waals surface area contributed by atoms with Crippen LogP contribution in [-0.4, -0.2) is 29.3 Å². The van der Waals surface area contributed by atoms with Crippen molar-refractivity contribution in [3.05, 3.63) is 53.7 Å². The summed E-state index contributed by atoms with van der Waals surface area (Å²) in [6.07, 6.45) is 6.03. The molecule has 1 aliphatic rings. The molecule has 3 nitrogen and oxygen atoms in total. The predicted molar refractivity (Wildman–Crippen MR) is 95.7 cm³/mol. The van der Waals surface area contributed by atoms with Gasteiger partial charge in [0.05, 0.1) is 11.6 Å². The number of aliphatic hydroxyl groups is 1. The van der Waals surface area contributed by atoms with Crippen molar-refractivity contribution >= 4 is 22.5 Å². The van der Waals surface area contributed by atoms with E-state index in [4.69, 9.17) is 11.6 Å². The van der Waals surface area contributed by atoms with E-state index in [1.54, 1.807) is 6.20 Å². The molecule has 23 heavy (non-hydrogen) atoms. The number of nitrogens with zero attached hydrogens (tertiary/aromatic N) is 1. The fraction of sp³-hybridized carbons (Fsp3) is 0.421. The summed E-state index contributed by atoms with van der Waals surface area (Å²) in [5, 5.41) is 15.7. The van der Waals surface area contributed by atoms with Crippen molar-refractivity contribution < 1.29 is 5.11 Å². The van der Waals surface area contributed by atoms with Gasteiger partial charge in [0.25, 0.3) is 0 Å². The molecule has 1 unspecified atom stereocenters. The van der Waals surface area contributed by atoms with Crippen molar-refractivity contribution in [1.82, 2.24) is 10.3 Å². The summed E-state index contributed by atoms with van der Waals surface area (Å²) >= 11 is 6.03. The van der Waals surface area contributed by atoms with E-state index >= 15 is 0 Å². The monoisotopic (exact) mass is 330 g/mol. The molecule has 0 saturated carbocycles. The second kappa shape index (κ2) is 7.43. The van der Waals surface area contributed by atoms with Crippen LogP contribution in [0.3, 0.4) is 0 Å². The van der Waals surface area contributed by atoms with Gasteiger partial charge in [-0.2, -0.15) is 0 Å². The van der Waals surface area contributed by atoms with Gasteiger partial charge in [-0.05, 0) is 61.4 Å². The van der Waals surface area contributed by atoms with Crippen LogP contribution in [0, 0.1) is 11.8 Å². The van der Waals surface area contributed by atoms with E-state index in [9.17, 15) is 5.11 Å². The average molecular weight is 331 g/mol. The SMILES string of the molecule is C=C[C@H]1CNCC[C@H]1CC(O)Cc1ccnc2cc(Cl)ccc12. The molecule has 0 amide bonds. The third-order valence-corrected chi connectivity index (χ3v) is 5.04. The Labute approximate surface area is 142 Å². The molecule has 2 aromatic rings. The molecular formula is C19H23ClN2O. The highest BCUT2D eigenvalue weighted by Crippen LogP contribution is 2.27. The Morgan fingerprint density at radius 2 is 2.30 bits per heavy atom. The maximum Gasteiger partial charge on any atom is 0.0719 e. The number of nitrogens with one attached hydrogen (secondary N) is 1. The van der Waals surface area contributed by atoms with Crippen LogP contribution in [0.5, 0.6) is 0 Å².